The van der Waals surface area contributed by atoms with Gasteiger partial charge in [0, 0.05) is 10.9 Å². The minimum absolute atomic E-state index is 0.494. The van der Waals surface area contributed by atoms with Gasteiger partial charge in [-0.15, -0.1) is 0 Å². The highest BCUT2D eigenvalue weighted by atomic mass is 35.5. The number of nitrogens with zero attached hydrogens (tertiary/aromatic N) is 1. The van der Waals surface area contributed by atoms with Gasteiger partial charge >= 0.3 is 0 Å². The van der Waals surface area contributed by atoms with E-state index in [0.29, 0.717) is 21.3 Å². The van der Waals surface area contributed by atoms with E-state index in [1.807, 2.05) is 0 Å². The number of hydrogen-bond acceptors (Lipinski definition) is 3. The molecule has 14 heavy (non-hydrogen) atoms. The summed E-state index contributed by atoms with van der Waals surface area (Å²) in [5.74, 6) is 0. The molecule has 0 bridgehead atoms. The average molecular weight is 210 g/mol. The van der Waals surface area contributed by atoms with Crippen LogP contribution in [0.3, 0.4) is 0 Å². The van der Waals surface area contributed by atoms with Gasteiger partial charge in [0.2, 0.25) is 0 Å². The highest BCUT2D eigenvalue weighted by molar-refractivity contribution is 6.34. The lowest BCUT2D eigenvalue weighted by atomic mass is 10.2. The van der Waals surface area contributed by atoms with E-state index in [-0.39, 0.29) is 0 Å². The standard InChI is InChI=1S/C10H8ClNO2/c1-6-5-14-10-7(9(6)12-13)3-2-4-8(10)11/h2-5,13H,1H3. The van der Waals surface area contributed by atoms with Crippen LogP contribution in [0.2, 0.25) is 5.02 Å². The quantitative estimate of drug-likeness (QED) is 0.536. The maximum absolute atomic E-state index is 8.85. The molecular formula is C10H8ClNO2. The van der Waals surface area contributed by atoms with Crippen LogP contribution in [0.25, 0.3) is 11.0 Å². The van der Waals surface area contributed by atoms with Crippen molar-refractivity contribution in [2.45, 2.75) is 6.92 Å². The lowest BCUT2D eigenvalue weighted by molar-refractivity contribution is 0.302. The molecule has 1 N–H and O–H groups in total. The van der Waals surface area contributed by atoms with Crippen molar-refractivity contribution >= 4 is 22.6 Å². The van der Waals surface area contributed by atoms with Gasteiger partial charge in [-0.2, -0.15) is 0 Å². The molecule has 0 radical (unpaired) electrons. The largest absolute Gasteiger partial charge is 0.462 e. The molecule has 0 atom stereocenters. The lowest BCUT2D eigenvalue weighted by Gasteiger charge is -2.00. The molecule has 72 valence electrons. The zero-order valence-electron chi connectivity index (χ0n) is 7.49. The normalized spacial score (nSPS) is 12.3. The Morgan fingerprint density at radius 2 is 2.21 bits per heavy atom. The molecule has 0 unspecified atom stereocenters. The number of benzene rings is 1. The van der Waals surface area contributed by atoms with Crippen molar-refractivity contribution in [2.24, 2.45) is 5.16 Å². The summed E-state index contributed by atoms with van der Waals surface area (Å²) < 4.78 is 5.31. The van der Waals surface area contributed by atoms with E-state index >= 15 is 0 Å². The zero-order chi connectivity index (χ0) is 10.1. The fourth-order valence-electron chi connectivity index (χ4n) is 1.36. The van der Waals surface area contributed by atoms with Crippen molar-refractivity contribution in [1.82, 2.24) is 0 Å². The monoisotopic (exact) mass is 209 g/mol. The second kappa shape index (κ2) is 3.35. The number of para-hydroxylation sites is 1. The summed E-state index contributed by atoms with van der Waals surface area (Å²) in [6, 6.07) is 5.31. The maximum atomic E-state index is 8.85. The first kappa shape index (κ1) is 9.09. The van der Waals surface area contributed by atoms with Crippen LogP contribution >= 0.6 is 11.6 Å². The van der Waals surface area contributed by atoms with Gasteiger partial charge < -0.3 is 9.62 Å². The summed E-state index contributed by atoms with van der Waals surface area (Å²) in [6.45, 7) is 1.80. The highest BCUT2D eigenvalue weighted by Crippen LogP contribution is 2.20. The third-order valence-electron chi connectivity index (χ3n) is 2.05. The smallest absolute Gasteiger partial charge is 0.154 e. The fourth-order valence-corrected chi connectivity index (χ4v) is 1.58. The van der Waals surface area contributed by atoms with Gasteiger partial charge in [-0.3, -0.25) is 0 Å². The van der Waals surface area contributed by atoms with Crippen LogP contribution < -0.4 is 5.36 Å². The first-order chi connectivity index (χ1) is 6.74. The van der Waals surface area contributed by atoms with E-state index in [4.69, 9.17) is 21.2 Å². The first-order valence-corrected chi connectivity index (χ1v) is 4.46. The highest BCUT2D eigenvalue weighted by Gasteiger charge is 2.04. The summed E-state index contributed by atoms with van der Waals surface area (Å²) in [5, 5.41) is 13.8. The summed E-state index contributed by atoms with van der Waals surface area (Å²) in [5.41, 5.74) is 1.30. The summed E-state index contributed by atoms with van der Waals surface area (Å²) in [4.78, 5) is 0. The Hall–Kier alpha value is -1.48. The predicted octanol–water partition coefficient (Wildman–Crippen LogP) is 2.68. The van der Waals surface area contributed by atoms with Crippen LogP contribution in [0.15, 0.2) is 34.0 Å². The minimum atomic E-state index is 0.494. The van der Waals surface area contributed by atoms with E-state index in [1.165, 1.54) is 6.26 Å². The van der Waals surface area contributed by atoms with Gasteiger partial charge in [-0.05, 0) is 19.1 Å². The molecule has 4 heteroatoms. The maximum Gasteiger partial charge on any atom is 0.154 e. The van der Waals surface area contributed by atoms with Gasteiger partial charge in [0.1, 0.15) is 5.36 Å². The van der Waals surface area contributed by atoms with Crippen molar-refractivity contribution in [2.75, 3.05) is 0 Å². The van der Waals surface area contributed by atoms with E-state index in [9.17, 15) is 0 Å². The zero-order valence-corrected chi connectivity index (χ0v) is 8.25. The van der Waals surface area contributed by atoms with Gasteiger partial charge in [-0.25, -0.2) is 0 Å². The molecule has 1 aromatic carbocycles. The SMILES string of the molecule is Cc1coc2c(Cl)cccc2c1=NO. The van der Waals surface area contributed by atoms with E-state index < -0.39 is 0 Å². The van der Waals surface area contributed by atoms with Gasteiger partial charge in [0.05, 0.1) is 11.3 Å². The molecule has 0 aliphatic rings. The van der Waals surface area contributed by atoms with Crippen LogP contribution in [0, 0.1) is 6.92 Å². The van der Waals surface area contributed by atoms with Crippen molar-refractivity contribution < 1.29 is 9.62 Å². The van der Waals surface area contributed by atoms with Crippen LogP contribution in [-0.2, 0) is 0 Å². The van der Waals surface area contributed by atoms with Gasteiger partial charge in [-0.1, -0.05) is 22.8 Å². The van der Waals surface area contributed by atoms with Crippen LogP contribution in [-0.4, -0.2) is 5.21 Å². The van der Waals surface area contributed by atoms with Gasteiger partial charge in [0.15, 0.2) is 5.58 Å². The van der Waals surface area contributed by atoms with Crippen molar-refractivity contribution in [1.29, 1.82) is 0 Å². The lowest BCUT2D eigenvalue weighted by Crippen LogP contribution is -2.07. The minimum Gasteiger partial charge on any atom is -0.462 e. The molecule has 2 rings (SSSR count). The Balaban J connectivity index is 3.04. The topological polar surface area (TPSA) is 45.7 Å². The second-order valence-electron chi connectivity index (χ2n) is 2.98. The first-order valence-electron chi connectivity index (χ1n) is 4.09. The number of halogens is 1. The molecule has 0 aliphatic heterocycles. The summed E-state index contributed by atoms with van der Waals surface area (Å²) in [6.07, 6.45) is 1.52. The predicted molar refractivity (Wildman–Crippen MR) is 53.3 cm³/mol. The van der Waals surface area contributed by atoms with Crippen LogP contribution in [0.4, 0.5) is 0 Å². The van der Waals surface area contributed by atoms with Crippen molar-refractivity contribution in [3.63, 3.8) is 0 Å². The van der Waals surface area contributed by atoms with Crippen molar-refractivity contribution in [3.05, 3.63) is 40.4 Å². The number of hydrogen-bond donors (Lipinski definition) is 1. The molecule has 0 spiro atoms. The Labute approximate surface area is 85.2 Å². The number of aryl methyl sites for hydroxylation is 1. The molecule has 0 fully saturated rings. The summed E-state index contributed by atoms with van der Waals surface area (Å²) >= 11 is 5.92. The average Bonchev–Trinajstić information content (AvgIpc) is 2.18. The molecule has 0 amide bonds. The Bertz CT molecular complexity index is 545. The number of rotatable bonds is 0. The van der Waals surface area contributed by atoms with Crippen molar-refractivity contribution in [3.8, 4) is 0 Å². The third kappa shape index (κ3) is 1.26. The molecule has 0 aliphatic carbocycles. The molecule has 0 saturated heterocycles. The fraction of sp³-hybridized carbons (Fsp3) is 0.100. The Morgan fingerprint density at radius 3 is 2.93 bits per heavy atom. The van der Waals surface area contributed by atoms with E-state index in [1.54, 1.807) is 25.1 Å². The molecule has 2 aromatic rings. The third-order valence-corrected chi connectivity index (χ3v) is 2.35. The van der Waals surface area contributed by atoms with Gasteiger partial charge in [0.25, 0.3) is 0 Å². The number of fused-ring (bicyclic) bond motifs is 1. The Morgan fingerprint density at radius 1 is 1.43 bits per heavy atom. The second-order valence-corrected chi connectivity index (χ2v) is 3.39. The Kier molecular flexibility index (Phi) is 2.17. The van der Waals surface area contributed by atoms with E-state index in [0.717, 1.165) is 5.56 Å². The summed E-state index contributed by atoms with van der Waals surface area (Å²) in [7, 11) is 0. The molecule has 3 nitrogen and oxygen atoms in total. The van der Waals surface area contributed by atoms with E-state index in [2.05, 4.69) is 5.16 Å². The molecule has 1 heterocycles. The van der Waals surface area contributed by atoms with Crippen LogP contribution in [0.5, 0.6) is 0 Å². The van der Waals surface area contributed by atoms with Crippen LogP contribution in [0.1, 0.15) is 5.56 Å². The molecule has 1 aromatic heterocycles. The molecule has 0 saturated carbocycles. The molecular weight excluding hydrogens is 202 g/mol.